The van der Waals surface area contributed by atoms with Crippen molar-refractivity contribution in [3.8, 4) is 0 Å². The summed E-state index contributed by atoms with van der Waals surface area (Å²) in [6, 6.07) is 14.2. The van der Waals surface area contributed by atoms with Crippen molar-refractivity contribution < 1.29 is 28.6 Å². The van der Waals surface area contributed by atoms with Gasteiger partial charge in [-0.1, -0.05) is 25.1 Å². The average molecular weight is 487 g/mol. The van der Waals surface area contributed by atoms with Crippen LogP contribution in [-0.4, -0.2) is 49.2 Å². The van der Waals surface area contributed by atoms with Crippen molar-refractivity contribution in [3.05, 3.63) is 54.1 Å². The molecule has 7 nitrogen and oxygen atoms in total. The molecule has 182 valence electrons. The molecule has 9 heteroatoms. The molecule has 1 spiro atoms. The number of carbonyl (C=O) groups is 2. The second-order valence-electron chi connectivity index (χ2n) is 9.66. The van der Waals surface area contributed by atoms with Crippen LogP contribution in [0.4, 0.5) is 21.2 Å². The second kappa shape index (κ2) is 8.88. The largest absolute Gasteiger partial charge is 0.396 e. The third-order valence-corrected chi connectivity index (χ3v) is 9.40. The predicted octanol–water partition coefficient (Wildman–Crippen LogP) is 3.84. The van der Waals surface area contributed by atoms with Crippen molar-refractivity contribution >= 4 is 37.3 Å². The number of benzene rings is 2. The van der Waals surface area contributed by atoms with Crippen LogP contribution in [0.1, 0.15) is 25.8 Å². The topological polar surface area (TPSA) is 99.1 Å². The fourth-order valence-corrected chi connectivity index (χ4v) is 8.07. The van der Waals surface area contributed by atoms with Gasteiger partial charge in [0.25, 0.3) is 11.8 Å². The van der Waals surface area contributed by atoms with E-state index in [1.807, 2.05) is 37.3 Å². The summed E-state index contributed by atoms with van der Waals surface area (Å²) in [7, 11) is -3.30. The van der Waals surface area contributed by atoms with E-state index in [-0.39, 0.29) is 18.9 Å². The maximum Gasteiger partial charge on any atom is 0.268 e. The second-order valence-corrected chi connectivity index (χ2v) is 13.5. The third-order valence-electron chi connectivity index (χ3n) is 6.94. The summed E-state index contributed by atoms with van der Waals surface area (Å²) in [6.45, 7) is 6.24. The first kappa shape index (κ1) is 24.5. The van der Waals surface area contributed by atoms with Crippen LogP contribution in [0.5, 0.6) is 0 Å². The zero-order chi connectivity index (χ0) is 24.8. The molecule has 0 saturated carbocycles. The minimum Gasteiger partial charge on any atom is -0.396 e. The summed E-state index contributed by atoms with van der Waals surface area (Å²) >= 11 is 0. The van der Waals surface area contributed by atoms with Crippen molar-refractivity contribution in [1.29, 1.82) is 0 Å². The van der Waals surface area contributed by atoms with E-state index in [1.165, 1.54) is 6.92 Å². The number of rotatable bonds is 6. The van der Waals surface area contributed by atoms with Crippen LogP contribution in [-0.2, 0) is 19.9 Å². The number of nitrogens with one attached hydrogen (secondary N) is 1. The fourth-order valence-electron chi connectivity index (χ4n) is 5.53. The van der Waals surface area contributed by atoms with Gasteiger partial charge in [0, 0.05) is 35.0 Å². The minimum absolute atomic E-state index is 0.178. The molecule has 0 unspecified atom stereocenters. The highest BCUT2D eigenvalue weighted by molar-refractivity contribution is 6.72. The van der Waals surface area contributed by atoms with E-state index >= 15 is 4.11 Å². The molecular formula is C25H31FN2O5Si. The number of carbonyl (C=O) groups excluding carboxylic acids is 2. The molecule has 0 aliphatic carbocycles. The molecule has 1 saturated heterocycles. The summed E-state index contributed by atoms with van der Waals surface area (Å²) in [5.74, 6) is -1.39. The van der Waals surface area contributed by atoms with Gasteiger partial charge in [0.1, 0.15) is 6.10 Å². The smallest absolute Gasteiger partial charge is 0.268 e. The molecule has 2 aliphatic heterocycles. The number of halogens is 1. The van der Waals surface area contributed by atoms with Crippen LogP contribution in [0.3, 0.4) is 0 Å². The van der Waals surface area contributed by atoms with Crippen LogP contribution in [0.25, 0.3) is 0 Å². The van der Waals surface area contributed by atoms with Crippen molar-refractivity contribution in [2.75, 3.05) is 16.8 Å². The maximum atomic E-state index is 15.6. The van der Waals surface area contributed by atoms with Gasteiger partial charge in [-0.05, 0) is 56.8 Å². The van der Waals surface area contributed by atoms with E-state index in [9.17, 15) is 19.8 Å². The van der Waals surface area contributed by atoms with Gasteiger partial charge < -0.3 is 24.4 Å². The van der Waals surface area contributed by atoms with Crippen molar-refractivity contribution in [2.45, 2.75) is 56.7 Å². The number of hydrogen-bond donors (Lipinski definition) is 3. The normalized spacial score (nSPS) is 27.2. The molecular weight excluding hydrogens is 455 g/mol. The number of aliphatic hydroxyl groups is 2. The lowest BCUT2D eigenvalue weighted by Crippen LogP contribution is -2.44. The highest BCUT2D eigenvalue weighted by Crippen LogP contribution is 2.61. The quantitative estimate of drug-likeness (QED) is 0.426. The molecule has 2 heterocycles. The van der Waals surface area contributed by atoms with Crippen LogP contribution >= 0.6 is 0 Å². The van der Waals surface area contributed by atoms with Crippen LogP contribution in [0, 0.1) is 5.92 Å². The van der Waals surface area contributed by atoms with Crippen LogP contribution < -0.4 is 10.2 Å². The first-order valence-electron chi connectivity index (χ1n) is 11.5. The number of anilines is 3. The number of para-hydroxylation sites is 1. The van der Waals surface area contributed by atoms with E-state index in [2.05, 4.69) is 5.32 Å². The molecule has 3 N–H and O–H groups in total. The highest BCUT2D eigenvalue weighted by atomic mass is 28.4. The molecule has 0 aromatic heterocycles. The molecule has 0 bridgehead atoms. The molecule has 2 aliphatic rings. The van der Waals surface area contributed by atoms with Crippen molar-refractivity contribution in [2.24, 2.45) is 5.92 Å². The van der Waals surface area contributed by atoms with E-state index in [0.29, 0.717) is 22.6 Å². The van der Waals surface area contributed by atoms with E-state index in [4.69, 9.17) is 4.74 Å². The van der Waals surface area contributed by atoms with Gasteiger partial charge in [0.15, 0.2) is 5.60 Å². The SMILES string of the molecule is C[C@H](O)C(=O)Nc1ccc2c(c1)[C@@]1(O[C@H](CCO)[C@@H]([Si](C)(C)F)[C@@H]1C)C(=O)N2c1ccccc1. The Labute approximate surface area is 199 Å². The van der Waals surface area contributed by atoms with Gasteiger partial charge in [0.05, 0.1) is 11.8 Å². The zero-order valence-corrected chi connectivity index (χ0v) is 20.8. The molecule has 1 fully saturated rings. The third kappa shape index (κ3) is 3.86. The van der Waals surface area contributed by atoms with E-state index in [1.54, 1.807) is 36.2 Å². The van der Waals surface area contributed by atoms with Gasteiger partial charge in [-0.2, -0.15) is 0 Å². The monoisotopic (exact) mass is 486 g/mol. The lowest BCUT2D eigenvalue weighted by Gasteiger charge is -2.31. The first-order valence-corrected chi connectivity index (χ1v) is 14.5. The lowest BCUT2D eigenvalue weighted by atomic mass is 9.82. The predicted molar refractivity (Wildman–Crippen MR) is 130 cm³/mol. The average Bonchev–Trinajstić information content (AvgIpc) is 3.20. The van der Waals surface area contributed by atoms with Crippen LogP contribution in [0.2, 0.25) is 18.6 Å². The summed E-state index contributed by atoms with van der Waals surface area (Å²) in [4.78, 5) is 27.9. The van der Waals surface area contributed by atoms with E-state index in [0.717, 1.165) is 0 Å². The summed E-state index contributed by atoms with van der Waals surface area (Å²) in [5.41, 5.74) is 0.226. The molecule has 2 aromatic rings. The highest BCUT2D eigenvalue weighted by Gasteiger charge is 2.66. The Morgan fingerprint density at radius 3 is 2.53 bits per heavy atom. The van der Waals surface area contributed by atoms with Crippen LogP contribution in [0.15, 0.2) is 48.5 Å². The molecule has 34 heavy (non-hydrogen) atoms. The van der Waals surface area contributed by atoms with Crippen molar-refractivity contribution in [3.63, 3.8) is 0 Å². The Morgan fingerprint density at radius 1 is 1.26 bits per heavy atom. The number of hydrogen-bond acceptors (Lipinski definition) is 5. The zero-order valence-electron chi connectivity index (χ0n) is 19.8. The Balaban J connectivity index is 1.90. The summed E-state index contributed by atoms with van der Waals surface area (Å²) in [6.07, 6.45) is -1.60. The minimum atomic E-state index is -3.30. The van der Waals surface area contributed by atoms with E-state index < -0.39 is 43.6 Å². The summed E-state index contributed by atoms with van der Waals surface area (Å²) in [5, 5.41) is 21.9. The Bertz CT molecular complexity index is 1090. The fraction of sp³-hybridized carbons (Fsp3) is 0.440. The molecule has 5 atom stereocenters. The summed E-state index contributed by atoms with van der Waals surface area (Å²) < 4.78 is 22.1. The van der Waals surface area contributed by atoms with Gasteiger partial charge in [-0.25, -0.2) is 0 Å². The Hall–Kier alpha value is -2.59. The maximum absolute atomic E-state index is 15.6. The Kier molecular flexibility index (Phi) is 6.41. The molecule has 0 radical (unpaired) electrons. The van der Waals surface area contributed by atoms with Gasteiger partial charge in [0.2, 0.25) is 8.41 Å². The standard InChI is InChI=1S/C25H31FN2O5Si/c1-15-22(34(3,4)26)21(12-13-29)33-25(15)19-14-17(27-23(31)16(2)30)10-11-20(19)28(24(25)32)18-8-6-5-7-9-18/h5-11,14-16,21-22,29-30H,12-13H2,1-4H3,(H,27,31)/t15-,16-,21+,22-,25+/m0/s1. The number of aliphatic hydroxyl groups excluding tert-OH is 2. The Morgan fingerprint density at radius 2 is 1.94 bits per heavy atom. The first-order chi connectivity index (χ1) is 16.0. The van der Waals surface area contributed by atoms with Crippen molar-refractivity contribution in [1.82, 2.24) is 0 Å². The number of ether oxygens (including phenoxy) is 1. The van der Waals surface area contributed by atoms with Gasteiger partial charge >= 0.3 is 0 Å². The van der Waals surface area contributed by atoms with Gasteiger partial charge in [-0.15, -0.1) is 0 Å². The molecule has 2 amide bonds. The molecule has 2 aromatic carbocycles. The number of nitrogens with zero attached hydrogens (tertiary/aromatic N) is 1. The lowest BCUT2D eigenvalue weighted by molar-refractivity contribution is -0.145. The number of amides is 2. The molecule has 4 rings (SSSR count). The number of fused-ring (bicyclic) bond motifs is 2. The van der Waals surface area contributed by atoms with Gasteiger partial charge in [-0.3, -0.25) is 14.5 Å².